The predicted octanol–water partition coefficient (Wildman–Crippen LogP) is 3.26. The third kappa shape index (κ3) is 2.98. The zero-order valence-electron chi connectivity index (χ0n) is 8.14. The summed E-state index contributed by atoms with van der Waals surface area (Å²) in [6.07, 6.45) is -1.43. The van der Waals surface area contributed by atoms with Crippen molar-refractivity contribution < 1.29 is 18.3 Å². The quantitative estimate of drug-likeness (QED) is 0.615. The van der Waals surface area contributed by atoms with Crippen LogP contribution >= 0.6 is 31.9 Å². The van der Waals surface area contributed by atoms with Gasteiger partial charge in [0.15, 0.2) is 0 Å². The van der Waals surface area contributed by atoms with E-state index in [0.717, 1.165) is 0 Å². The van der Waals surface area contributed by atoms with Gasteiger partial charge < -0.3 is 4.74 Å². The van der Waals surface area contributed by atoms with Crippen LogP contribution in [0.1, 0.15) is 17.6 Å². The standard InChI is InChI=1S/C9H7Br2F2NO2/c1-16-5(15)2-4-3-14-8(11)6(7(4)10)9(12)13/h3,9H,2H2,1H3. The van der Waals surface area contributed by atoms with E-state index >= 15 is 0 Å². The topological polar surface area (TPSA) is 39.2 Å². The van der Waals surface area contributed by atoms with Gasteiger partial charge in [0.05, 0.1) is 19.1 Å². The van der Waals surface area contributed by atoms with Gasteiger partial charge >= 0.3 is 5.97 Å². The number of rotatable bonds is 3. The maximum Gasteiger partial charge on any atom is 0.310 e. The molecule has 1 heterocycles. The zero-order chi connectivity index (χ0) is 12.3. The normalized spacial score (nSPS) is 10.6. The fourth-order valence-corrected chi connectivity index (χ4v) is 2.40. The summed E-state index contributed by atoms with van der Waals surface area (Å²) in [7, 11) is 1.23. The van der Waals surface area contributed by atoms with E-state index in [0.29, 0.717) is 5.56 Å². The van der Waals surface area contributed by atoms with E-state index in [1.807, 2.05) is 0 Å². The molecular weight excluding hydrogens is 352 g/mol. The van der Waals surface area contributed by atoms with Crippen LogP contribution in [0.5, 0.6) is 0 Å². The van der Waals surface area contributed by atoms with E-state index < -0.39 is 12.4 Å². The minimum absolute atomic E-state index is 0.0583. The van der Waals surface area contributed by atoms with Gasteiger partial charge in [0.1, 0.15) is 4.60 Å². The fraction of sp³-hybridized carbons (Fsp3) is 0.333. The average molecular weight is 359 g/mol. The molecule has 0 fully saturated rings. The van der Waals surface area contributed by atoms with Crippen LogP contribution in [-0.2, 0) is 16.0 Å². The molecule has 0 aromatic carbocycles. The molecule has 0 aliphatic heterocycles. The molecule has 88 valence electrons. The van der Waals surface area contributed by atoms with Crippen LogP contribution in [0.25, 0.3) is 0 Å². The van der Waals surface area contributed by atoms with Crippen molar-refractivity contribution in [1.82, 2.24) is 4.98 Å². The third-order valence-corrected chi connectivity index (χ3v) is 3.42. The first-order chi connectivity index (χ1) is 7.47. The molecular formula is C9H7Br2F2NO2. The molecule has 0 saturated carbocycles. The Labute approximate surface area is 107 Å². The Morgan fingerprint density at radius 2 is 2.19 bits per heavy atom. The Balaban J connectivity index is 3.13. The Hall–Kier alpha value is -0.560. The Morgan fingerprint density at radius 1 is 1.56 bits per heavy atom. The first-order valence-corrected chi connectivity index (χ1v) is 5.73. The lowest BCUT2D eigenvalue weighted by molar-refractivity contribution is -0.139. The fourth-order valence-electron chi connectivity index (χ4n) is 1.06. The van der Waals surface area contributed by atoms with Crippen molar-refractivity contribution in [3.8, 4) is 0 Å². The molecule has 0 aliphatic carbocycles. The molecule has 1 aromatic heterocycles. The molecule has 0 saturated heterocycles. The summed E-state index contributed by atoms with van der Waals surface area (Å²) in [5, 5.41) is 0. The van der Waals surface area contributed by atoms with Crippen molar-refractivity contribution in [2.24, 2.45) is 0 Å². The van der Waals surface area contributed by atoms with Crippen molar-refractivity contribution >= 4 is 37.8 Å². The first kappa shape index (κ1) is 13.5. The molecule has 0 aliphatic rings. The molecule has 0 unspecified atom stereocenters. The van der Waals surface area contributed by atoms with E-state index in [2.05, 4.69) is 41.6 Å². The van der Waals surface area contributed by atoms with Gasteiger partial charge in [0.2, 0.25) is 0 Å². The highest BCUT2D eigenvalue weighted by Gasteiger charge is 2.20. The Morgan fingerprint density at radius 3 is 2.69 bits per heavy atom. The summed E-state index contributed by atoms with van der Waals surface area (Å²) in [6, 6.07) is 0. The number of halogens is 4. The maximum atomic E-state index is 12.7. The summed E-state index contributed by atoms with van der Waals surface area (Å²) in [4.78, 5) is 14.8. The van der Waals surface area contributed by atoms with E-state index in [4.69, 9.17) is 0 Å². The molecule has 0 N–H and O–H groups in total. The van der Waals surface area contributed by atoms with Gasteiger partial charge in [-0.1, -0.05) is 0 Å². The summed E-state index contributed by atoms with van der Waals surface area (Å²) < 4.78 is 30.0. The SMILES string of the molecule is COC(=O)Cc1cnc(Br)c(C(F)F)c1Br. The number of carbonyl (C=O) groups excluding carboxylic acids is 1. The Bertz CT molecular complexity index is 413. The molecule has 0 amide bonds. The minimum atomic E-state index is -2.67. The summed E-state index contributed by atoms with van der Waals surface area (Å²) in [5.74, 6) is -0.509. The van der Waals surface area contributed by atoms with Crippen LogP contribution in [0.15, 0.2) is 15.3 Å². The number of hydrogen-bond acceptors (Lipinski definition) is 3. The average Bonchev–Trinajstić information content (AvgIpc) is 2.21. The Kier molecular flexibility index (Phi) is 4.79. The van der Waals surface area contributed by atoms with Crippen molar-refractivity contribution in [2.45, 2.75) is 12.8 Å². The third-order valence-electron chi connectivity index (χ3n) is 1.86. The highest BCUT2D eigenvalue weighted by molar-refractivity contribution is 9.11. The number of pyridine rings is 1. The number of alkyl halides is 2. The van der Waals surface area contributed by atoms with Gasteiger partial charge in [-0.3, -0.25) is 4.79 Å². The van der Waals surface area contributed by atoms with Crippen LogP contribution < -0.4 is 0 Å². The number of nitrogens with zero attached hydrogens (tertiary/aromatic N) is 1. The van der Waals surface area contributed by atoms with E-state index in [9.17, 15) is 13.6 Å². The molecule has 0 bridgehead atoms. The smallest absolute Gasteiger partial charge is 0.310 e. The van der Waals surface area contributed by atoms with E-state index in [-0.39, 0.29) is 21.1 Å². The lowest BCUT2D eigenvalue weighted by Crippen LogP contribution is -2.07. The molecule has 1 aromatic rings. The number of aromatic nitrogens is 1. The van der Waals surface area contributed by atoms with Gasteiger partial charge in [0, 0.05) is 10.7 Å². The summed E-state index contributed by atoms with van der Waals surface area (Å²) >= 11 is 5.96. The van der Waals surface area contributed by atoms with Gasteiger partial charge in [-0.25, -0.2) is 13.8 Å². The number of methoxy groups -OCH3 is 1. The molecule has 3 nitrogen and oxygen atoms in total. The van der Waals surface area contributed by atoms with E-state index in [1.165, 1.54) is 13.3 Å². The second-order valence-electron chi connectivity index (χ2n) is 2.86. The van der Waals surface area contributed by atoms with Gasteiger partial charge in [0.25, 0.3) is 6.43 Å². The first-order valence-electron chi connectivity index (χ1n) is 4.15. The van der Waals surface area contributed by atoms with Gasteiger partial charge in [-0.2, -0.15) is 0 Å². The van der Waals surface area contributed by atoms with Crippen molar-refractivity contribution in [3.05, 3.63) is 26.4 Å². The summed E-state index contributed by atoms with van der Waals surface area (Å²) in [5.41, 5.74) is 0.103. The minimum Gasteiger partial charge on any atom is -0.469 e. The molecule has 7 heteroatoms. The summed E-state index contributed by atoms with van der Waals surface area (Å²) in [6.45, 7) is 0. The molecule has 1 rings (SSSR count). The number of ether oxygens (including phenoxy) is 1. The van der Waals surface area contributed by atoms with E-state index in [1.54, 1.807) is 0 Å². The zero-order valence-corrected chi connectivity index (χ0v) is 11.3. The lowest BCUT2D eigenvalue weighted by Gasteiger charge is -2.09. The monoisotopic (exact) mass is 357 g/mol. The maximum absolute atomic E-state index is 12.7. The number of esters is 1. The second-order valence-corrected chi connectivity index (χ2v) is 4.40. The van der Waals surface area contributed by atoms with Crippen LogP contribution in [0.3, 0.4) is 0 Å². The van der Waals surface area contributed by atoms with Crippen LogP contribution in [0.4, 0.5) is 8.78 Å². The largest absolute Gasteiger partial charge is 0.469 e. The second kappa shape index (κ2) is 5.67. The molecule has 0 atom stereocenters. The van der Waals surface area contributed by atoms with Crippen molar-refractivity contribution in [1.29, 1.82) is 0 Å². The predicted molar refractivity (Wildman–Crippen MR) is 60.3 cm³/mol. The van der Waals surface area contributed by atoms with Gasteiger partial charge in [-0.05, 0) is 37.4 Å². The van der Waals surface area contributed by atoms with Gasteiger partial charge in [-0.15, -0.1) is 0 Å². The van der Waals surface area contributed by atoms with Crippen LogP contribution in [-0.4, -0.2) is 18.1 Å². The van der Waals surface area contributed by atoms with Crippen molar-refractivity contribution in [2.75, 3.05) is 7.11 Å². The highest BCUT2D eigenvalue weighted by Crippen LogP contribution is 2.34. The van der Waals surface area contributed by atoms with Crippen LogP contribution in [0.2, 0.25) is 0 Å². The molecule has 16 heavy (non-hydrogen) atoms. The lowest BCUT2D eigenvalue weighted by atomic mass is 10.1. The molecule has 0 radical (unpaired) electrons. The number of hydrogen-bond donors (Lipinski definition) is 0. The highest BCUT2D eigenvalue weighted by atomic mass is 79.9. The van der Waals surface area contributed by atoms with Crippen LogP contribution in [0, 0.1) is 0 Å². The molecule has 0 spiro atoms. The number of carbonyl (C=O) groups is 1. The van der Waals surface area contributed by atoms with Crippen molar-refractivity contribution in [3.63, 3.8) is 0 Å².